The van der Waals surface area contributed by atoms with Gasteiger partial charge in [0.2, 0.25) is 0 Å². The van der Waals surface area contributed by atoms with Crippen LogP contribution in [0.5, 0.6) is 0 Å². The molecule has 0 saturated carbocycles. The van der Waals surface area contributed by atoms with E-state index in [4.69, 9.17) is 0 Å². The highest BCUT2D eigenvalue weighted by molar-refractivity contribution is 5.85. The number of nitrogens with zero attached hydrogens (tertiary/aromatic N) is 4. The molecule has 0 bridgehead atoms. The summed E-state index contributed by atoms with van der Waals surface area (Å²) < 4.78 is 2.02. The van der Waals surface area contributed by atoms with Crippen LogP contribution in [0.1, 0.15) is 33.1 Å². The zero-order valence-corrected chi connectivity index (χ0v) is 11.8. The number of fused-ring (bicyclic) bond motifs is 1. The van der Waals surface area contributed by atoms with E-state index in [2.05, 4.69) is 34.3 Å². The van der Waals surface area contributed by atoms with Crippen LogP contribution >= 0.6 is 0 Å². The van der Waals surface area contributed by atoms with E-state index in [1.54, 1.807) is 0 Å². The zero-order valence-electron chi connectivity index (χ0n) is 11.8. The minimum absolute atomic E-state index is 0.532. The van der Waals surface area contributed by atoms with E-state index in [1.807, 2.05) is 30.2 Å². The maximum Gasteiger partial charge on any atom is 0.168 e. The van der Waals surface area contributed by atoms with Gasteiger partial charge in [0.1, 0.15) is 5.52 Å². The molecule has 0 radical (unpaired) electrons. The molecule has 1 N–H and O–H groups in total. The lowest BCUT2D eigenvalue weighted by Crippen LogP contribution is -2.47. The van der Waals surface area contributed by atoms with Crippen molar-refractivity contribution in [2.75, 3.05) is 5.43 Å². The minimum Gasteiger partial charge on any atom is -0.334 e. The fraction of sp³-hybridized carbons (Fsp3) is 0.571. The van der Waals surface area contributed by atoms with E-state index in [9.17, 15) is 0 Å². The van der Waals surface area contributed by atoms with Crippen molar-refractivity contribution >= 4 is 16.9 Å². The predicted molar refractivity (Wildman–Crippen MR) is 76.7 cm³/mol. The molecule has 19 heavy (non-hydrogen) atoms. The van der Waals surface area contributed by atoms with Crippen molar-refractivity contribution in [2.24, 2.45) is 7.05 Å². The van der Waals surface area contributed by atoms with Crippen molar-refractivity contribution in [3.8, 4) is 0 Å². The lowest BCUT2D eigenvalue weighted by atomic mass is 10.00. The topological polar surface area (TPSA) is 46.0 Å². The second-order valence-electron chi connectivity index (χ2n) is 5.53. The van der Waals surface area contributed by atoms with Crippen molar-refractivity contribution in [1.29, 1.82) is 0 Å². The molecule has 1 aliphatic rings. The molecule has 5 nitrogen and oxygen atoms in total. The van der Waals surface area contributed by atoms with Crippen molar-refractivity contribution < 1.29 is 0 Å². The monoisotopic (exact) mass is 259 g/mol. The Morgan fingerprint density at radius 1 is 1.21 bits per heavy atom. The standard InChI is InChI=1S/C14H21N5/c1-10-5-4-6-11(2)19(10)17-14-13-12(7-8-15-14)18(3)9-16-13/h7-11H,4-6H2,1-3H3,(H,15,17). The summed E-state index contributed by atoms with van der Waals surface area (Å²) in [5, 5.41) is 2.32. The van der Waals surface area contributed by atoms with Gasteiger partial charge in [-0.3, -0.25) is 0 Å². The van der Waals surface area contributed by atoms with E-state index in [0.29, 0.717) is 12.1 Å². The van der Waals surface area contributed by atoms with Crippen LogP contribution in [0.15, 0.2) is 18.6 Å². The van der Waals surface area contributed by atoms with E-state index in [1.165, 1.54) is 19.3 Å². The number of pyridine rings is 1. The number of nitrogens with one attached hydrogen (secondary N) is 1. The van der Waals surface area contributed by atoms with Crippen LogP contribution in [-0.2, 0) is 7.05 Å². The number of imidazole rings is 1. The Morgan fingerprint density at radius 2 is 1.95 bits per heavy atom. The molecule has 0 amide bonds. The molecule has 102 valence electrons. The van der Waals surface area contributed by atoms with E-state index >= 15 is 0 Å². The molecule has 1 fully saturated rings. The third kappa shape index (κ3) is 2.18. The first-order valence-electron chi connectivity index (χ1n) is 6.98. The van der Waals surface area contributed by atoms with Gasteiger partial charge < -0.3 is 9.99 Å². The van der Waals surface area contributed by atoms with Crippen molar-refractivity contribution in [3.05, 3.63) is 18.6 Å². The third-order valence-electron chi connectivity index (χ3n) is 4.07. The summed E-state index contributed by atoms with van der Waals surface area (Å²) in [6.07, 6.45) is 7.44. The first-order valence-corrected chi connectivity index (χ1v) is 6.98. The highest BCUT2D eigenvalue weighted by Gasteiger charge is 2.25. The van der Waals surface area contributed by atoms with Crippen molar-refractivity contribution in [3.63, 3.8) is 0 Å². The first-order chi connectivity index (χ1) is 9.16. The summed E-state index contributed by atoms with van der Waals surface area (Å²) in [6.45, 7) is 4.53. The second kappa shape index (κ2) is 4.81. The van der Waals surface area contributed by atoms with Crippen LogP contribution in [0.25, 0.3) is 11.0 Å². The number of hydrogen-bond donors (Lipinski definition) is 1. The summed E-state index contributed by atoms with van der Waals surface area (Å²) in [4.78, 5) is 8.90. The molecule has 1 saturated heterocycles. The Balaban J connectivity index is 1.92. The van der Waals surface area contributed by atoms with Gasteiger partial charge in [-0.25, -0.2) is 15.0 Å². The van der Waals surface area contributed by atoms with Gasteiger partial charge in [0.05, 0.1) is 11.8 Å². The van der Waals surface area contributed by atoms with Crippen molar-refractivity contribution in [2.45, 2.75) is 45.2 Å². The average molecular weight is 259 g/mol. The molecule has 3 rings (SSSR count). The lowest BCUT2D eigenvalue weighted by molar-refractivity contribution is 0.135. The molecule has 0 aromatic carbocycles. The van der Waals surface area contributed by atoms with Gasteiger partial charge in [0, 0.05) is 25.3 Å². The van der Waals surface area contributed by atoms with Gasteiger partial charge in [-0.05, 0) is 32.8 Å². The summed E-state index contributed by atoms with van der Waals surface area (Å²) >= 11 is 0. The average Bonchev–Trinajstić information content (AvgIpc) is 2.77. The van der Waals surface area contributed by atoms with Crippen LogP contribution in [-0.4, -0.2) is 31.6 Å². The molecule has 0 spiro atoms. The number of anilines is 1. The SMILES string of the molecule is CC1CCCC(C)N1Nc1nccc2c1ncn2C. The van der Waals surface area contributed by atoms with E-state index < -0.39 is 0 Å². The molecule has 2 unspecified atom stereocenters. The van der Waals surface area contributed by atoms with E-state index in [0.717, 1.165) is 16.9 Å². The fourth-order valence-electron chi connectivity index (χ4n) is 2.91. The van der Waals surface area contributed by atoms with Gasteiger partial charge >= 0.3 is 0 Å². The normalized spacial score (nSPS) is 24.8. The van der Waals surface area contributed by atoms with Gasteiger partial charge in [-0.1, -0.05) is 6.42 Å². The molecule has 2 atom stereocenters. The number of hydrogen-bond acceptors (Lipinski definition) is 4. The van der Waals surface area contributed by atoms with E-state index in [-0.39, 0.29) is 0 Å². The molecule has 3 heterocycles. The summed E-state index contributed by atoms with van der Waals surface area (Å²) in [5.41, 5.74) is 5.53. The molecule has 2 aromatic heterocycles. The molecule has 0 aliphatic carbocycles. The Hall–Kier alpha value is -1.62. The highest BCUT2D eigenvalue weighted by atomic mass is 15.5. The Kier molecular flexibility index (Phi) is 3.14. The predicted octanol–water partition coefficient (Wildman–Crippen LogP) is 2.56. The van der Waals surface area contributed by atoms with Gasteiger partial charge in [0.15, 0.2) is 5.82 Å². The largest absolute Gasteiger partial charge is 0.334 e. The van der Waals surface area contributed by atoms with Crippen LogP contribution < -0.4 is 5.43 Å². The third-order valence-corrected chi connectivity index (χ3v) is 4.07. The fourth-order valence-corrected chi connectivity index (χ4v) is 2.91. The van der Waals surface area contributed by atoms with Crippen LogP contribution in [0, 0.1) is 0 Å². The number of aryl methyl sites for hydroxylation is 1. The molecular formula is C14H21N5. The molecule has 5 heteroatoms. The number of aromatic nitrogens is 3. The molecule has 1 aliphatic heterocycles. The van der Waals surface area contributed by atoms with Gasteiger partial charge in [-0.2, -0.15) is 0 Å². The molecule has 2 aromatic rings. The Bertz CT molecular complexity index is 566. The molecular weight excluding hydrogens is 238 g/mol. The smallest absolute Gasteiger partial charge is 0.168 e. The second-order valence-corrected chi connectivity index (χ2v) is 5.53. The first kappa shape index (κ1) is 12.4. The summed E-state index contributed by atoms with van der Waals surface area (Å²) in [6, 6.07) is 3.06. The lowest BCUT2D eigenvalue weighted by Gasteiger charge is -2.39. The van der Waals surface area contributed by atoms with Crippen LogP contribution in [0.3, 0.4) is 0 Å². The van der Waals surface area contributed by atoms with Crippen molar-refractivity contribution in [1.82, 2.24) is 19.5 Å². The minimum atomic E-state index is 0.532. The highest BCUT2D eigenvalue weighted by Crippen LogP contribution is 2.25. The Labute approximate surface area is 113 Å². The van der Waals surface area contributed by atoms with Gasteiger partial charge in [0.25, 0.3) is 0 Å². The summed E-state index contributed by atoms with van der Waals surface area (Å²) in [5.74, 6) is 0.860. The zero-order chi connectivity index (χ0) is 13.4. The van der Waals surface area contributed by atoms with Crippen LogP contribution in [0.4, 0.5) is 5.82 Å². The number of piperidine rings is 1. The summed E-state index contributed by atoms with van der Waals surface area (Å²) in [7, 11) is 2.01. The number of hydrazine groups is 1. The van der Waals surface area contributed by atoms with Crippen LogP contribution in [0.2, 0.25) is 0 Å². The number of rotatable bonds is 2. The maximum absolute atomic E-state index is 4.45. The Morgan fingerprint density at radius 3 is 2.68 bits per heavy atom. The quantitative estimate of drug-likeness (QED) is 0.900. The maximum atomic E-state index is 4.45. The van der Waals surface area contributed by atoms with Gasteiger partial charge in [-0.15, -0.1) is 0 Å².